The molecule has 0 radical (unpaired) electrons. The zero-order valence-electron chi connectivity index (χ0n) is 10.1. The molecule has 2 fully saturated rings. The van der Waals surface area contributed by atoms with E-state index in [1.165, 1.54) is 51.4 Å². The Labute approximate surface area is 94.3 Å². The summed E-state index contributed by atoms with van der Waals surface area (Å²) in [7, 11) is 0. The van der Waals surface area contributed by atoms with Crippen molar-refractivity contribution in [2.24, 2.45) is 17.8 Å². The fourth-order valence-corrected chi connectivity index (χ4v) is 3.95. The summed E-state index contributed by atoms with van der Waals surface area (Å²) in [6.45, 7) is 2.33. The van der Waals surface area contributed by atoms with E-state index in [9.17, 15) is 5.11 Å². The second-order valence-corrected chi connectivity index (χ2v) is 5.63. The van der Waals surface area contributed by atoms with Gasteiger partial charge >= 0.3 is 0 Å². The van der Waals surface area contributed by atoms with Crippen LogP contribution in [0.2, 0.25) is 0 Å². The van der Waals surface area contributed by atoms with Gasteiger partial charge in [-0.3, -0.25) is 0 Å². The van der Waals surface area contributed by atoms with Gasteiger partial charge in [0.15, 0.2) is 0 Å². The van der Waals surface area contributed by atoms with E-state index in [0.29, 0.717) is 5.92 Å². The Bertz CT molecular complexity index is 190. The van der Waals surface area contributed by atoms with E-state index in [0.717, 1.165) is 18.3 Å². The third kappa shape index (κ3) is 2.55. The third-order valence-electron chi connectivity index (χ3n) is 4.82. The van der Waals surface area contributed by atoms with Gasteiger partial charge in [-0.1, -0.05) is 45.4 Å². The van der Waals surface area contributed by atoms with Crippen molar-refractivity contribution in [1.29, 1.82) is 0 Å². The predicted octanol–water partition coefficient (Wildman–Crippen LogP) is 3.75. The van der Waals surface area contributed by atoms with Crippen LogP contribution in [0.5, 0.6) is 0 Å². The van der Waals surface area contributed by atoms with E-state index >= 15 is 0 Å². The minimum atomic E-state index is 0.0240. The van der Waals surface area contributed by atoms with Gasteiger partial charge in [0.05, 0.1) is 6.10 Å². The summed E-state index contributed by atoms with van der Waals surface area (Å²) < 4.78 is 0. The Hall–Kier alpha value is -0.0400. The Balaban J connectivity index is 1.99. The van der Waals surface area contributed by atoms with Crippen LogP contribution in [0.3, 0.4) is 0 Å². The molecule has 1 heteroatoms. The van der Waals surface area contributed by atoms with Crippen LogP contribution in [-0.2, 0) is 0 Å². The number of aliphatic hydroxyl groups excluding tert-OH is 1. The Morgan fingerprint density at radius 3 is 2.13 bits per heavy atom. The lowest BCUT2D eigenvalue weighted by Crippen LogP contribution is -2.36. The molecule has 0 saturated heterocycles. The summed E-state index contributed by atoms with van der Waals surface area (Å²) in [5.41, 5.74) is 0. The van der Waals surface area contributed by atoms with Crippen LogP contribution in [0.15, 0.2) is 0 Å². The van der Waals surface area contributed by atoms with E-state index in [-0.39, 0.29) is 6.10 Å². The first-order valence-corrected chi connectivity index (χ1v) is 7.01. The van der Waals surface area contributed by atoms with E-state index in [1.54, 1.807) is 0 Å². The molecule has 4 unspecified atom stereocenters. The van der Waals surface area contributed by atoms with Crippen molar-refractivity contribution in [3.05, 3.63) is 0 Å². The molecule has 0 heterocycles. The molecular weight excluding hydrogens is 184 g/mol. The van der Waals surface area contributed by atoms with Crippen molar-refractivity contribution in [3.8, 4) is 0 Å². The monoisotopic (exact) mass is 210 g/mol. The van der Waals surface area contributed by atoms with Gasteiger partial charge in [0.1, 0.15) is 0 Å². The Morgan fingerprint density at radius 1 is 0.867 bits per heavy atom. The van der Waals surface area contributed by atoms with Gasteiger partial charge in [-0.05, 0) is 37.0 Å². The van der Waals surface area contributed by atoms with Gasteiger partial charge in [-0.25, -0.2) is 0 Å². The smallest absolute Gasteiger partial charge is 0.0571 e. The first-order valence-electron chi connectivity index (χ1n) is 7.01. The topological polar surface area (TPSA) is 20.2 Å². The van der Waals surface area contributed by atoms with Crippen LogP contribution in [0.4, 0.5) is 0 Å². The van der Waals surface area contributed by atoms with E-state index < -0.39 is 0 Å². The van der Waals surface area contributed by atoms with Crippen LogP contribution in [0.1, 0.15) is 64.7 Å². The highest BCUT2D eigenvalue weighted by atomic mass is 16.3. The zero-order valence-corrected chi connectivity index (χ0v) is 10.1. The summed E-state index contributed by atoms with van der Waals surface area (Å²) >= 11 is 0. The first kappa shape index (κ1) is 11.4. The van der Waals surface area contributed by atoms with Crippen LogP contribution >= 0.6 is 0 Å². The van der Waals surface area contributed by atoms with Crippen LogP contribution < -0.4 is 0 Å². The summed E-state index contributed by atoms with van der Waals surface area (Å²) in [5, 5.41) is 10.1. The first-order chi connectivity index (χ1) is 7.33. The number of hydrogen-bond donors (Lipinski definition) is 1. The molecule has 2 rings (SSSR count). The highest BCUT2D eigenvalue weighted by Crippen LogP contribution is 2.42. The fourth-order valence-electron chi connectivity index (χ4n) is 3.95. The lowest BCUT2D eigenvalue weighted by molar-refractivity contribution is 0.00403. The van der Waals surface area contributed by atoms with Crippen molar-refractivity contribution < 1.29 is 5.11 Å². The molecular formula is C14H26O. The molecule has 2 saturated carbocycles. The van der Waals surface area contributed by atoms with Crippen molar-refractivity contribution in [1.82, 2.24) is 0 Å². The quantitative estimate of drug-likeness (QED) is 0.736. The van der Waals surface area contributed by atoms with Gasteiger partial charge in [0.2, 0.25) is 0 Å². The summed E-state index contributed by atoms with van der Waals surface area (Å²) in [6.07, 6.45) is 12.0. The van der Waals surface area contributed by atoms with Crippen molar-refractivity contribution in [2.75, 3.05) is 0 Å². The Morgan fingerprint density at radius 2 is 1.47 bits per heavy atom. The second kappa shape index (κ2) is 5.34. The maximum atomic E-state index is 10.1. The summed E-state index contributed by atoms with van der Waals surface area (Å²) in [5.74, 6) is 2.40. The van der Waals surface area contributed by atoms with Gasteiger partial charge in [0.25, 0.3) is 0 Å². The molecule has 88 valence electrons. The van der Waals surface area contributed by atoms with Gasteiger partial charge in [-0.15, -0.1) is 0 Å². The molecule has 0 aliphatic heterocycles. The minimum absolute atomic E-state index is 0.0240. The summed E-state index contributed by atoms with van der Waals surface area (Å²) in [6, 6.07) is 0. The highest BCUT2D eigenvalue weighted by Gasteiger charge is 2.35. The lowest BCUT2D eigenvalue weighted by Gasteiger charge is -2.41. The lowest BCUT2D eigenvalue weighted by atomic mass is 9.66. The minimum Gasteiger partial charge on any atom is -0.393 e. The predicted molar refractivity (Wildman–Crippen MR) is 63.7 cm³/mol. The molecule has 0 aromatic carbocycles. The van der Waals surface area contributed by atoms with Gasteiger partial charge in [-0.2, -0.15) is 0 Å². The zero-order chi connectivity index (χ0) is 10.7. The standard InChI is InChI=1S/C14H26O/c1-2-11-7-3-4-8-12(11)13-9-5-6-10-14(13)15/h11-15H,2-10H2,1H3. The maximum Gasteiger partial charge on any atom is 0.0571 e. The van der Waals surface area contributed by atoms with Crippen molar-refractivity contribution in [2.45, 2.75) is 70.8 Å². The molecule has 0 bridgehead atoms. The van der Waals surface area contributed by atoms with Crippen LogP contribution in [0, 0.1) is 17.8 Å². The molecule has 4 atom stereocenters. The highest BCUT2D eigenvalue weighted by molar-refractivity contribution is 4.86. The molecule has 15 heavy (non-hydrogen) atoms. The van der Waals surface area contributed by atoms with Crippen molar-refractivity contribution in [3.63, 3.8) is 0 Å². The molecule has 0 aromatic heterocycles. The van der Waals surface area contributed by atoms with Gasteiger partial charge in [0, 0.05) is 0 Å². The van der Waals surface area contributed by atoms with Crippen LogP contribution in [-0.4, -0.2) is 11.2 Å². The number of aliphatic hydroxyl groups is 1. The Kier molecular flexibility index (Phi) is 4.07. The van der Waals surface area contributed by atoms with Crippen LogP contribution in [0.25, 0.3) is 0 Å². The van der Waals surface area contributed by atoms with E-state index in [4.69, 9.17) is 0 Å². The maximum absolute atomic E-state index is 10.1. The summed E-state index contributed by atoms with van der Waals surface area (Å²) in [4.78, 5) is 0. The second-order valence-electron chi connectivity index (χ2n) is 5.63. The average molecular weight is 210 g/mol. The normalized spacial score (nSPS) is 42.8. The van der Waals surface area contributed by atoms with E-state index in [1.807, 2.05) is 0 Å². The molecule has 1 N–H and O–H groups in total. The number of rotatable bonds is 2. The van der Waals surface area contributed by atoms with Crippen molar-refractivity contribution >= 4 is 0 Å². The largest absolute Gasteiger partial charge is 0.393 e. The average Bonchev–Trinajstić information content (AvgIpc) is 2.30. The third-order valence-corrected chi connectivity index (χ3v) is 4.82. The SMILES string of the molecule is CCC1CCCCC1C1CCCCC1O. The molecule has 0 spiro atoms. The molecule has 2 aliphatic carbocycles. The molecule has 1 nitrogen and oxygen atoms in total. The fraction of sp³-hybridized carbons (Fsp3) is 1.00. The molecule has 0 aromatic rings. The number of hydrogen-bond acceptors (Lipinski definition) is 1. The van der Waals surface area contributed by atoms with E-state index in [2.05, 4.69) is 6.92 Å². The molecule has 2 aliphatic rings. The molecule has 0 amide bonds. The van der Waals surface area contributed by atoms with Gasteiger partial charge < -0.3 is 5.11 Å².